The SMILES string of the molecule is CCCNC(=O)CN(C)CC(=O)N(C)Cc1ccc(N(C)C)cc1. The van der Waals surface area contributed by atoms with Gasteiger partial charge in [0.15, 0.2) is 0 Å². The minimum Gasteiger partial charge on any atom is -0.378 e. The van der Waals surface area contributed by atoms with Crippen LogP contribution in [0.15, 0.2) is 24.3 Å². The Balaban J connectivity index is 2.45. The molecule has 1 aromatic carbocycles. The fraction of sp³-hybridized carbons (Fsp3) is 0.556. The number of carbonyl (C=O) groups is 2. The average molecular weight is 334 g/mol. The Hall–Kier alpha value is -2.08. The maximum absolute atomic E-state index is 12.3. The summed E-state index contributed by atoms with van der Waals surface area (Å²) in [5.74, 6) is -0.0495. The van der Waals surface area contributed by atoms with Gasteiger partial charge in [0.05, 0.1) is 13.1 Å². The molecule has 0 fully saturated rings. The molecule has 0 aliphatic carbocycles. The number of nitrogens with zero attached hydrogens (tertiary/aromatic N) is 3. The summed E-state index contributed by atoms with van der Waals surface area (Å²) in [6.45, 7) is 3.70. The summed E-state index contributed by atoms with van der Waals surface area (Å²) in [6, 6.07) is 8.14. The predicted octanol–water partition coefficient (Wildman–Crippen LogP) is 1.17. The summed E-state index contributed by atoms with van der Waals surface area (Å²) < 4.78 is 0. The zero-order valence-electron chi connectivity index (χ0n) is 15.5. The third-order valence-electron chi connectivity index (χ3n) is 3.69. The molecule has 0 bridgehead atoms. The molecule has 1 aromatic rings. The molecule has 0 radical (unpaired) electrons. The highest BCUT2D eigenvalue weighted by Crippen LogP contribution is 2.13. The van der Waals surface area contributed by atoms with Gasteiger partial charge in [-0.05, 0) is 31.2 Å². The van der Waals surface area contributed by atoms with Crippen molar-refractivity contribution in [1.82, 2.24) is 15.1 Å². The number of likely N-dealkylation sites (N-methyl/N-ethyl adjacent to an activating group) is 2. The summed E-state index contributed by atoms with van der Waals surface area (Å²) in [5, 5.41) is 2.81. The molecule has 6 nitrogen and oxygen atoms in total. The van der Waals surface area contributed by atoms with Gasteiger partial charge in [-0.2, -0.15) is 0 Å². The molecular weight excluding hydrogens is 304 g/mol. The van der Waals surface area contributed by atoms with E-state index in [1.807, 2.05) is 50.2 Å². The summed E-state index contributed by atoms with van der Waals surface area (Å²) in [6.07, 6.45) is 0.906. The maximum atomic E-state index is 12.3. The van der Waals surface area contributed by atoms with Crippen molar-refractivity contribution in [3.05, 3.63) is 29.8 Å². The number of nitrogens with one attached hydrogen (secondary N) is 1. The lowest BCUT2D eigenvalue weighted by Gasteiger charge is -2.22. The first kappa shape index (κ1) is 20.0. The molecule has 134 valence electrons. The molecule has 0 heterocycles. The number of anilines is 1. The van der Waals surface area contributed by atoms with E-state index in [2.05, 4.69) is 5.32 Å². The van der Waals surface area contributed by atoms with Crippen LogP contribution in [0.1, 0.15) is 18.9 Å². The number of hydrogen-bond acceptors (Lipinski definition) is 4. The number of hydrogen-bond donors (Lipinski definition) is 1. The number of carbonyl (C=O) groups excluding carboxylic acids is 2. The topological polar surface area (TPSA) is 55.9 Å². The molecule has 0 aliphatic heterocycles. The normalized spacial score (nSPS) is 10.6. The van der Waals surface area contributed by atoms with Crippen molar-refractivity contribution in [2.45, 2.75) is 19.9 Å². The Morgan fingerprint density at radius 1 is 1.00 bits per heavy atom. The van der Waals surface area contributed by atoms with Gasteiger partial charge in [-0.25, -0.2) is 0 Å². The van der Waals surface area contributed by atoms with Crippen LogP contribution in [0, 0.1) is 0 Å². The van der Waals surface area contributed by atoms with Crippen molar-refractivity contribution in [3.8, 4) is 0 Å². The molecular formula is C18H30N4O2. The van der Waals surface area contributed by atoms with Crippen molar-refractivity contribution >= 4 is 17.5 Å². The zero-order valence-corrected chi connectivity index (χ0v) is 15.5. The van der Waals surface area contributed by atoms with Crippen LogP contribution in [-0.2, 0) is 16.1 Å². The van der Waals surface area contributed by atoms with Gasteiger partial charge in [-0.3, -0.25) is 14.5 Å². The fourth-order valence-electron chi connectivity index (χ4n) is 2.23. The van der Waals surface area contributed by atoms with E-state index in [9.17, 15) is 9.59 Å². The first-order valence-corrected chi connectivity index (χ1v) is 8.29. The van der Waals surface area contributed by atoms with Crippen molar-refractivity contribution < 1.29 is 9.59 Å². The second kappa shape index (κ2) is 9.93. The van der Waals surface area contributed by atoms with Crippen LogP contribution in [0.4, 0.5) is 5.69 Å². The molecule has 1 N–H and O–H groups in total. The van der Waals surface area contributed by atoms with Gasteiger partial charge in [-0.1, -0.05) is 19.1 Å². The smallest absolute Gasteiger partial charge is 0.236 e. The van der Waals surface area contributed by atoms with Crippen molar-refractivity contribution in [2.75, 3.05) is 52.7 Å². The Morgan fingerprint density at radius 2 is 1.62 bits per heavy atom. The van der Waals surface area contributed by atoms with Crippen LogP contribution >= 0.6 is 0 Å². The van der Waals surface area contributed by atoms with Crippen molar-refractivity contribution in [2.24, 2.45) is 0 Å². The highest BCUT2D eigenvalue weighted by Gasteiger charge is 2.14. The van der Waals surface area contributed by atoms with Crippen molar-refractivity contribution in [1.29, 1.82) is 0 Å². The lowest BCUT2D eigenvalue weighted by atomic mass is 10.2. The van der Waals surface area contributed by atoms with Gasteiger partial charge in [0, 0.05) is 39.9 Å². The Bertz CT molecular complexity index is 528. The summed E-state index contributed by atoms with van der Waals surface area (Å²) in [5.41, 5.74) is 2.21. The van der Waals surface area contributed by atoms with Gasteiger partial charge in [-0.15, -0.1) is 0 Å². The minimum atomic E-state index is -0.0472. The highest BCUT2D eigenvalue weighted by molar-refractivity contribution is 5.81. The predicted molar refractivity (Wildman–Crippen MR) is 98.0 cm³/mol. The maximum Gasteiger partial charge on any atom is 0.236 e. The molecule has 0 unspecified atom stereocenters. The molecule has 0 atom stereocenters. The van der Waals surface area contributed by atoms with Gasteiger partial charge >= 0.3 is 0 Å². The van der Waals surface area contributed by atoms with Crippen LogP contribution in [0.3, 0.4) is 0 Å². The zero-order chi connectivity index (χ0) is 18.1. The van der Waals surface area contributed by atoms with E-state index in [1.165, 1.54) is 0 Å². The third-order valence-corrected chi connectivity index (χ3v) is 3.69. The van der Waals surface area contributed by atoms with E-state index in [-0.39, 0.29) is 24.9 Å². The quantitative estimate of drug-likeness (QED) is 0.736. The number of benzene rings is 1. The van der Waals surface area contributed by atoms with Gasteiger partial charge in [0.1, 0.15) is 0 Å². The third kappa shape index (κ3) is 7.00. The largest absolute Gasteiger partial charge is 0.378 e. The standard InChI is InChI=1S/C18H30N4O2/c1-6-11-19-17(23)13-21(4)14-18(24)22(5)12-15-7-9-16(10-8-15)20(2)3/h7-10H,6,11-14H2,1-5H3,(H,19,23). The minimum absolute atomic E-state index is 0.00234. The van der Waals surface area contributed by atoms with E-state index in [0.717, 1.165) is 17.7 Å². The Kier molecular flexibility index (Phi) is 8.26. The van der Waals surface area contributed by atoms with E-state index in [0.29, 0.717) is 13.1 Å². The molecule has 24 heavy (non-hydrogen) atoms. The first-order chi connectivity index (χ1) is 11.3. The first-order valence-electron chi connectivity index (χ1n) is 8.29. The second-order valence-corrected chi connectivity index (χ2v) is 6.33. The van der Waals surface area contributed by atoms with Crippen LogP contribution in [0.2, 0.25) is 0 Å². The molecule has 0 saturated heterocycles. The Morgan fingerprint density at radius 3 is 2.17 bits per heavy atom. The molecule has 0 aliphatic rings. The molecule has 2 amide bonds. The summed E-state index contributed by atoms with van der Waals surface area (Å²) in [7, 11) is 7.56. The van der Waals surface area contributed by atoms with Crippen LogP contribution in [-0.4, -0.2) is 69.4 Å². The van der Waals surface area contributed by atoms with Gasteiger partial charge < -0.3 is 15.1 Å². The number of amides is 2. The Labute approximate surface area is 145 Å². The van der Waals surface area contributed by atoms with E-state index in [1.54, 1.807) is 23.9 Å². The van der Waals surface area contributed by atoms with Crippen molar-refractivity contribution in [3.63, 3.8) is 0 Å². The monoisotopic (exact) mass is 334 g/mol. The van der Waals surface area contributed by atoms with Crippen LogP contribution < -0.4 is 10.2 Å². The van der Waals surface area contributed by atoms with E-state index < -0.39 is 0 Å². The molecule has 0 aromatic heterocycles. The van der Waals surface area contributed by atoms with Crippen LogP contribution in [0.5, 0.6) is 0 Å². The van der Waals surface area contributed by atoms with E-state index in [4.69, 9.17) is 0 Å². The average Bonchev–Trinajstić information content (AvgIpc) is 2.53. The molecule has 6 heteroatoms. The molecule has 0 spiro atoms. The van der Waals surface area contributed by atoms with E-state index >= 15 is 0 Å². The second-order valence-electron chi connectivity index (χ2n) is 6.33. The summed E-state index contributed by atoms with van der Waals surface area (Å²) >= 11 is 0. The fourth-order valence-corrected chi connectivity index (χ4v) is 2.23. The van der Waals surface area contributed by atoms with Gasteiger partial charge in [0.25, 0.3) is 0 Å². The number of rotatable bonds is 9. The van der Waals surface area contributed by atoms with Gasteiger partial charge in [0.2, 0.25) is 11.8 Å². The van der Waals surface area contributed by atoms with Crippen LogP contribution in [0.25, 0.3) is 0 Å². The highest BCUT2D eigenvalue weighted by atomic mass is 16.2. The lowest BCUT2D eigenvalue weighted by molar-refractivity contribution is -0.132. The molecule has 0 saturated carbocycles. The molecule has 1 rings (SSSR count). The lowest BCUT2D eigenvalue weighted by Crippen LogP contribution is -2.41. The summed E-state index contributed by atoms with van der Waals surface area (Å²) in [4.78, 5) is 29.4.